The molecule has 7 aromatic rings. The van der Waals surface area contributed by atoms with Gasteiger partial charge in [-0.15, -0.1) is 0 Å². The molecule has 5 aromatic carbocycles. The van der Waals surface area contributed by atoms with Crippen molar-refractivity contribution in [1.82, 2.24) is 9.97 Å². The molecule has 1 aliphatic rings. The first kappa shape index (κ1) is 21.3. The SMILES string of the molecule is CC1(C)c2ccccc2-c2c1ccc1c2oc2nc(-c3ccc4ccccc4c3)nc(-c3ccccc3)c21. The normalized spacial score (nSPS) is 13.7. The van der Waals surface area contributed by atoms with Gasteiger partial charge in [-0.1, -0.05) is 111 Å². The number of hydrogen-bond donors (Lipinski definition) is 0. The van der Waals surface area contributed by atoms with Gasteiger partial charge in [0.1, 0.15) is 5.58 Å². The van der Waals surface area contributed by atoms with Gasteiger partial charge in [-0.05, 0) is 39.6 Å². The highest BCUT2D eigenvalue weighted by molar-refractivity contribution is 6.15. The summed E-state index contributed by atoms with van der Waals surface area (Å²) in [5.74, 6) is 0.665. The molecular formula is C35H24N2O. The zero-order chi connectivity index (χ0) is 25.4. The lowest BCUT2D eigenvalue weighted by molar-refractivity contribution is 0.646. The first-order valence-electron chi connectivity index (χ1n) is 13.0. The van der Waals surface area contributed by atoms with Crippen molar-refractivity contribution in [3.05, 3.63) is 120 Å². The van der Waals surface area contributed by atoms with Crippen LogP contribution < -0.4 is 0 Å². The Morgan fingerprint density at radius 1 is 0.632 bits per heavy atom. The largest absolute Gasteiger partial charge is 0.437 e. The number of furan rings is 1. The van der Waals surface area contributed by atoms with Crippen LogP contribution in [-0.4, -0.2) is 9.97 Å². The summed E-state index contributed by atoms with van der Waals surface area (Å²) in [5.41, 5.74) is 9.35. The van der Waals surface area contributed by atoms with E-state index in [0.717, 1.165) is 38.6 Å². The van der Waals surface area contributed by atoms with Crippen LogP contribution in [-0.2, 0) is 5.41 Å². The highest BCUT2D eigenvalue weighted by Gasteiger charge is 2.37. The molecule has 0 spiro atoms. The maximum atomic E-state index is 6.71. The average Bonchev–Trinajstić information content (AvgIpc) is 3.45. The van der Waals surface area contributed by atoms with E-state index in [9.17, 15) is 0 Å². The highest BCUT2D eigenvalue weighted by Crippen LogP contribution is 2.52. The highest BCUT2D eigenvalue weighted by atomic mass is 16.3. The van der Waals surface area contributed by atoms with Gasteiger partial charge in [0.25, 0.3) is 0 Å². The molecule has 0 saturated carbocycles. The molecule has 38 heavy (non-hydrogen) atoms. The van der Waals surface area contributed by atoms with Crippen LogP contribution >= 0.6 is 0 Å². The van der Waals surface area contributed by atoms with E-state index in [1.54, 1.807) is 0 Å². The second-order valence-corrected chi connectivity index (χ2v) is 10.6. The molecule has 0 atom stereocenters. The first-order chi connectivity index (χ1) is 18.6. The molecule has 0 aliphatic heterocycles. The number of nitrogens with zero attached hydrogens (tertiary/aromatic N) is 2. The molecule has 0 unspecified atom stereocenters. The summed E-state index contributed by atoms with van der Waals surface area (Å²) >= 11 is 0. The number of hydrogen-bond acceptors (Lipinski definition) is 3. The van der Waals surface area contributed by atoms with Gasteiger partial charge in [-0.3, -0.25) is 0 Å². The first-order valence-corrected chi connectivity index (χ1v) is 13.0. The van der Waals surface area contributed by atoms with Crippen molar-refractivity contribution in [1.29, 1.82) is 0 Å². The Bertz CT molecular complexity index is 2050. The average molecular weight is 489 g/mol. The summed E-state index contributed by atoms with van der Waals surface area (Å²) in [4.78, 5) is 10.2. The number of benzene rings is 5. The molecule has 8 rings (SSSR count). The zero-order valence-corrected chi connectivity index (χ0v) is 21.2. The Hall–Kier alpha value is -4.76. The van der Waals surface area contributed by atoms with Crippen LogP contribution in [0.1, 0.15) is 25.0 Å². The summed E-state index contributed by atoms with van der Waals surface area (Å²) < 4.78 is 6.71. The van der Waals surface area contributed by atoms with Crippen LogP contribution in [0.3, 0.4) is 0 Å². The Morgan fingerprint density at radius 3 is 2.26 bits per heavy atom. The molecule has 3 nitrogen and oxygen atoms in total. The Morgan fingerprint density at radius 2 is 1.39 bits per heavy atom. The zero-order valence-electron chi connectivity index (χ0n) is 21.2. The molecular weight excluding hydrogens is 464 g/mol. The number of rotatable bonds is 2. The summed E-state index contributed by atoms with van der Waals surface area (Å²) in [7, 11) is 0. The predicted octanol–water partition coefficient (Wildman–Crippen LogP) is 9.17. The van der Waals surface area contributed by atoms with Crippen molar-refractivity contribution in [3.63, 3.8) is 0 Å². The molecule has 0 N–H and O–H groups in total. The third-order valence-electron chi connectivity index (χ3n) is 8.10. The van der Waals surface area contributed by atoms with Crippen LogP contribution in [0.15, 0.2) is 114 Å². The maximum absolute atomic E-state index is 6.71. The molecule has 180 valence electrons. The smallest absolute Gasteiger partial charge is 0.231 e. The minimum absolute atomic E-state index is 0.0940. The van der Waals surface area contributed by atoms with E-state index in [-0.39, 0.29) is 5.41 Å². The summed E-state index contributed by atoms with van der Waals surface area (Å²) in [6, 6.07) is 38.2. The Labute approximate surface area is 220 Å². The molecule has 3 heteroatoms. The fourth-order valence-electron chi connectivity index (χ4n) is 6.18. The van der Waals surface area contributed by atoms with Crippen molar-refractivity contribution >= 4 is 32.8 Å². The minimum Gasteiger partial charge on any atom is -0.437 e. The molecule has 0 saturated heterocycles. The van der Waals surface area contributed by atoms with Gasteiger partial charge >= 0.3 is 0 Å². The third kappa shape index (κ3) is 2.90. The van der Waals surface area contributed by atoms with Gasteiger partial charge < -0.3 is 4.42 Å². The van der Waals surface area contributed by atoms with Crippen LogP contribution in [0.4, 0.5) is 0 Å². The lowest BCUT2D eigenvalue weighted by atomic mass is 9.82. The van der Waals surface area contributed by atoms with Crippen molar-refractivity contribution < 1.29 is 4.42 Å². The third-order valence-corrected chi connectivity index (χ3v) is 8.10. The number of aromatic nitrogens is 2. The van der Waals surface area contributed by atoms with E-state index in [4.69, 9.17) is 14.4 Å². The van der Waals surface area contributed by atoms with E-state index in [1.807, 2.05) is 6.07 Å². The van der Waals surface area contributed by atoms with Crippen LogP contribution in [0.25, 0.3) is 66.6 Å². The Balaban J connectivity index is 1.47. The van der Waals surface area contributed by atoms with Crippen molar-refractivity contribution in [2.24, 2.45) is 0 Å². The fraction of sp³-hybridized carbons (Fsp3) is 0.0857. The lowest BCUT2D eigenvalue weighted by Gasteiger charge is -2.21. The van der Waals surface area contributed by atoms with E-state index >= 15 is 0 Å². The lowest BCUT2D eigenvalue weighted by Crippen LogP contribution is -2.14. The van der Waals surface area contributed by atoms with Crippen LogP contribution in [0, 0.1) is 0 Å². The van der Waals surface area contributed by atoms with Gasteiger partial charge in [0.15, 0.2) is 5.82 Å². The molecule has 0 bridgehead atoms. The molecule has 0 radical (unpaired) electrons. The maximum Gasteiger partial charge on any atom is 0.231 e. The standard InChI is InChI=1S/C35H24N2O/c1-35(2)27-15-9-8-14-25(27)29-28(35)19-18-26-30-31(22-11-4-3-5-12-22)36-33(37-34(30)38-32(26)29)24-17-16-21-10-6-7-13-23(21)20-24/h3-20H,1-2H3. The Kier molecular flexibility index (Phi) is 4.28. The minimum atomic E-state index is -0.0940. The second kappa shape index (κ2) is 7.62. The molecule has 2 heterocycles. The van der Waals surface area contributed by atoms with Crippen LogP contribution in [0.2, 0.25) is 0 Å². The molecule has 2 aromatic heterocycles. The van der Waals surface area contributed by atoms with E-state index in [1.165, 1.54) is 27.6 Å². The predicted molar refractivity (Wildman–Crippen MR) is 155 cm³/mol. The van der Waals surface area contributed by atoms with Gasteiger partial charge in [0.2, 0.25) is 5.71 Å². The van der Waals surface area contributed by atoms with Crippen LogP contribution in [0.5, 0.6) is 0 Å². The quantitative estimate of drug-likeness (QED) is 0.243. The van der Waals surface area contributed by atoms with E-state index < -0.39 is 0 Å². The summed E-state index contributed by atoms with van der Waals surface area (Å²) in [6.07, 6.45) is 0. The van der Waals surface area contributed by atoms with Gasteiger partial charge in [-0.2, -0.15) is 4.98 Å². The monoisotopic (exact) mass is 488 g/mol. The number of fused-ring (bicyclic) bond motifs is 8. The summed E-state index contributed by atoms with van der Waals surface area (Å²) in [6.45, 7) is 4.58. The van der Waals surface area contributed by atoms with E-state index in [2.05, 4.69) is 117 Å². The second-order valence-electron chi connectivity index (χ2n) is 10.6. The van der Waals surface area contributed by atoms with Gasteiger partial charge in [0, 0.05) is 27.5 Å². The van der Waals surface area contributed by atoms with Crippen molar-refractivity contribution in [3.8, 4) is 33.8 Å². The van der Waals surface area contributed by atoms with Gasteiger partial charge in [-0.25, -0.2) is 4.98 Å². The van der Waals surface area contributed by atoms with E-state index in [0.29, 0.717) is 11.5 Å². The van der Waals surface area contributed by atoms with Gasteiger partial charge in [0.05, 0.1) is 11.1 Å². The summed E-state index contributed by atoms with van der Waals surface area (Å²) in [5, 5.41) is 4.37. The topological polar surface area (TPSA) is 38.9 Å². The van der Waals surface area contributed by atoms with Crippen molar-refractivity contribution in [2.45, 2.75) is 19.3 Å². The fourth-order valence-corrected chi connectivity index (χ4v) is 6.18. The molecule has 0 fully saturated rings. The molecule has 0 amide bonds. The molecule has 1 aliphatic carbocycles. The van der Waals surface area contributed by atoms with Crippen molar-refractivity contribution in [2.75, 3.05) is 0 Å².